The lowest BCUT2D eigenvalue weighted by Gasteiger charge is -2.31. The number of rotatable bonds is 2. The lowest BCUT2D eigenvalue weighted by Crippen LogP contribution is -2.48. The first kappa shape index (κ1) is 7.10. The van der Waals surface area contributed by atoms with Gasteiger partial charge >= 0.3 is 0 Å². The normalized spacial score (nSPS) is 30.4. The van der Waals surface area contributed by atoms with E-state index >= 15 is 0 Å². The second-order valence-electron chi connectivity index (χ2n) is 3.28. The Labute approximate surface area is 66.1 Å². The van der Waals surface area contributed by atoms with Gasteiger partial charge < -0.3 is 10.1 Å². The van der Waals surface area contributed by atoms with E-state index in [1.807, 2.05) is 0 Å². The number of amides is 1. The SMILES string of the molecule is O=C(NC1CCC1)C1CCO1. The second kappa shape index (κ2) is 2.81. The zero-order valence-electron chi connectivity index (χ0n) is 6.51. The van der Waals surface area contributed by atoms with Crippen LogP contribution in [0.2, 0.25) is 0 Å². The molecule has 0 aromatic heterocycles. The minimum atomic E-state index is -0.129. The second-order valence-corrected chi connectivity index (χ2v) is 3.28. The van der Waals surface area contributed by atoms with E-state index < -0.39 is 0 Å². The molecule has 0 aromatic carbocycles. The molecule has 1 saturated carbocycles. The van der Waals surface area contributed by atoms with Gasteiger partial charge in [-0.15, -0.1) is 0 Å². The predicted molar refractivity (Wildman–Crippen MR) is 40.1 cm³/mol. The van der Waals surface area contributed by atoms with Crippen molar-refractivity contribution in [2.45, 2.75) is 37.8 Å². The molecule has 0 bridgehead atoms. The van der Waals surface area contributed by atoms with Crippen molar-refractivity contribution in [2.75, 3.05) is 6.61 Å². The molecule has 0 radical (unpaired) electrons. The average molecular weight is 155 g/mol. The van der Waals surface area contributed by atoms with Gasteiger partial charge in [0.1, 0.15) is 6.10 Å². The number of carbonyl (C=O) groups excluding carboxylic acids is 1. The van der Waals surface area contributed by atoms with Gasteiger partial charge in [-0.25, -0.2) is 0 Å². The van der Waals surface area contributed by atoms with Crippen molar-refractivity contribution in [3.63, 3.8) is 0 Å². The molecule has 3 nitrogen and oxygen atoms in total. The van der Waals surface area contributed by atoms with Gasteiger partial charge in [-0.3, -0.25) is 4.79 Å². The number of nitrogens with one attached hydrogen (secondary N) is 1. The predicted octanol–water partition coefficient (Wildman–Crippen LogP) is 0.444. The van der Waals surface area contributed by atoms with E-state index in [1.165, 1.54) is 6.42 Å². The van der Waals surface area contributed by atoms with E-state index in [9.17, 15) is 4.79 Å². The van der Waals surface area contributed by atoms with Crippen molar-refractivity contribution < 1.29 is 9.53 Å². The van der Waals surface area contributed by atoms with Gasteiger partial charge in [-0.2, -0.15) is 0 Å². The molecule has 11 heavy (non-hydrogen) atoms. The van der Waals surface area contributed by atoms with Crippen LogP contribution in [0, 0.1) is 0 Å². The Hall–Kier alpha value is -0.570. The molecule has 62 valence electrons. The summed E-state index contributed by atoms with van der Waals surface area (Å²) >= 11 is 0. The van der Waals surface area contributed by atoms with Crippen LogP contribution in [0.5, 0.6) is 0 Å². The molecule has 0 spiro atoms. The summed E-state index contributed by atoms with van der Waals surface area (Å²) < 4.78 is 5.05. The molecule has 3 heteroatoms. The molecule has 1 aliphatic carbocycles. The third kappa shape index (κ3) is 1.38. The maximum absolute atomic E-state index is 11.2. The summed E-state index contributed by atoms with van der Waals surface area (Å²) in [4.78, 5) is 11.2. The molecule has 1 saturated heterocycles. The molecule has 0 aromatic rings. The van der Waals surface area contributed by atoms with Crippen LogP contribution in [-0.2, 0) is 9.53 Å². The third-order valence-electron chi connectivity index (χ3n) is 2.44. The first-order valence-corrected chi connectivity index (χ1v) is 4.28. The Balaban J connectivity index is 1.71. The minimum absolute atomic E-state index is 0.0981. The lowest BCUT2D eigenvalue weighted by atomic mass is 9.93. The highest BCUT2D eigenvalue weighted by Gasteiger charge is 2.29. The van der Waals surface area contributed by atoms with Crippen LogP contribution < -0.4 is 5.32 Å². The van der Waals surface area contributed by atoms with Gasteiger partial charge in [0.15, 0.2) is 0 Å². The van der Waals surface area contributed by atoms with Crippen molar-refractivity contribution in [3.05, 3.63) is 0 Å². The van der Waals surface area contributed by atoms with Crippen LogP contribution in [0.1, 0.15) is 25.7 Å². The number of carbonyl (C=O) groups is 1. The molecular weight excluding hydrogens is 142 g/mol. The quantitative estimate of drug-likeness (QED) is 0.628. The highest BCUT2D eigenvalue weighted by Crippen LogP contribution is 2.19. The van der Waals surface area contributed by atoms with Crippen molar-refractivity contribution in [1.29, 1.82) is 0 Å². The fourth-order valence-corrected chi connectivity index (χ4v) is 1.29. The van der Waals surface area contributed by atoms with Crippen LogP contribution in [-0.4, -0.2) is 24.7 Å². The summed E-state index contributed by atoms with van der Waals surface area (Å²) in [6, 6.07) is 0.451. The van der Waals surface area contributed by atoms with Crippen LogP contribution in [0.3, 0.4) is 0 Å². The van der Waals surface area contributed by atoms with Crippen molar-refractivity contribution in [1.82, 2.24) is 5.32 Å². The smallest absolute Gasteiger partial charge is 0.249 e. The Bertz CT molecular complexity index is 161. The molecule has 1 amide bonds. The highest BCUT2D eigenvalue weighted by molar-refractivity contribution is 5.81. The monoisotopic (exact) mass is 155 g/mol. The summed E-state index contributed by atoms with van der Waals surface area (Å²) in [5.74, 6) is 0.0981. The first-order valence-electron chi connectivity index (χ1n) is 4.28. The van der Waals surface area contributed by atoms with E-state index in [-0.39, 0.29) is 12.0 Å². The molecule has 1 N–H and O–H groups in total. The van der Waals surface area contributed by atoms with E-state index in [0.29, 0.717) is 6.04 Å². The fraction of sp³-hybridized carbons (Fsp3) is 0.875. The fourth-order valence-electron chi connectivity index (χ4n) is 1.29. The summed E-state index contributed by atoms with van der Waals surface area (Å²) in [5.41, 5.74) is 0. The molecule has 1 unspecified atom stereocenters. The van der Waals surface area contributed by atoms with Gasteiger partial charge in [0, 0.05) is 12.5 Å². The Kier molecular flexibility index (Phi) is 1.82. The van der Waals surface area contributed by atoms with Gasteiger partial charge in [0.05, 0.1) is 6.61 Å². The van der Waals surface area contributed by atoms with Crippen molar-refractivity contribution in [2.24, 2.45) is 0 Å². The van der Waals surface area contributed by atoms with E-state index in [1.54, 1.807) is 0 Å². The van der Waals surface area contributed by atoms with Crippen LogP contribution in [0.25, 0.3) is 0 Å². The van der Waals surface area contributed by atoms with Crippen LogP contribution >= 0.6 is 0 Å². The van der Waals surface area contributed by atoms with E-state index in [0.717, 1.165) is 25.9 Å². The van der Waals surface area contributed by atoms with E-state index in [2.05, 4.69) is 5.32 Å². The lowest BCUT2D eigenvalue weighted by molar-refractivity contribution is -0.146. The van der Waals surface area contributed by atoms with Gasteiger partial charge in [-0.05, 0) is 19.3 Å². The zero-order valence-corrected chi connectivity index (χ0v) is 6.51. The standard InChI is InChI=1S/C8H13NO2/c10-8(7-4-5-11-7)9-6-2-1-3-6/h6-7H,1-5H2,(H,9,10). The Morgan fingerprint density at radius 2 is 2.09 bits per heavy atom. The molecule has 2 aliphatic rings. The third-order valence-corrected chi connectivity index (χ3v) is 2.44. The summed E-state index contributed by atoms with van der Waals surface area (Å²) in [6.45, 7) is 0.753. The minimum Gasteiger partial charge on any atom is -0.368 e. The van der Waals surface area contributed by atoms with Gasteiger partial charge in [0.25, 0.3) is 0 Å². The number of hydrogen-bond donors (Lipinski definition) is 1. The summed E-state index contributed by atoms with van der Waals surface area (Å²) in [5, 5.41) is 2.95. The largest absolute Gasteiger partial charge is 0.368 e. The topological polar surface area (TPSA) is 38.3 Å². The summed E-state index contributed by atoms with van der Waals surface area (Å²) in [6.07, 6.45) is 4.34. The van der Waals surface area contributed by atoms with E-state index in [4.69, 9.17) is 4.74 Å². The summed E-state index contributed by atoms with van der Waals surface area (Å²) in [7, 11) is 0. The maximum Gasteiger partial charge on any atom is 0.249 e. The molecule has 2 fully saturated rings. The molecule has 2 rings (SSSR count). The van der Waals surface area contributed by atoms with Crippen molar-refractivity contribution >= 4 is 5.91 Å². The van der Waals surface area contributed by atoms with Crippen LogP contribution in [0.4, 0.5) is 0 Å². The van der Waals surface area contributed by atoms with Crippen LogP contribution in [0.15, 0.2) is 0 Å². The number of hydrogen-bond acceptors (Lipinski definition) is 2. The molecular formula is C8H13NO2. The highest BCUT2D eigenvalue weighted by atomic mass is 16.5. The first-order chi connectivity index (χ1) is 5.36. The van der Waals surface area contributed by atoms with Crippen molar-refractivity contribution in [3.8, 4) is 0 Å². The zero-order chi connectivity index (χ0) is 7.68. The van der Waals surface area contributed by atoms with Gasteiger partial charge in [0.2, 0.25) is 5.91 Å². The Morgan fingerprint density at radius 1 is 1.36 bits per heavy atom. The average Bonchev–Trinajstić information content (AvgIpc) is 1.74. The number of ether oxygens (including phenoxy) is 1. The van der Waals surface area contributed by atoms with Gasteiger partial charge in [-0.1, -0.05) is 0 Å². The molecule has 1 atom stereocenters. The Morgan fingerprint density at radius 3 is 2.45 bits per heavy atom. The molecule has 1 heterocycles. The maximum atomic E-state index is 11.2. The molecule has 1 aliphatic heterocycles.